The van der Waals surface area contributed by atoms with Crippen molar-refractivity contribution in [2.75, 3.05) is 23.9 Å². The lowest BCUT2D eigenvalue weighted by molar-refractivity contribution is 0.0930. The van der Waals surface area contributed by atoms with E-state index in [1.54, 1.807) is 19.2 Å². The maximum absolute atomic E-state index is 12.1. The molecule has 1 fully saturated rings. The van der Waals surface area contributed by atoms with E-state index in [0.717, 1.165) is 12.8 Å². The molecule has 19 heavy (non-hydrogen) atoms. The molecule has 0 bridgehead atoms. The van der Waals surface area contributed by atoms with Crippen molar-refractivity contribution >= 4 is 34.1 Å². The number of hydrogen-bond acceptors (Lipinski definition) is 4. The van der Waals surface area contributed by atoms with Crippen molar-refractivity contribution in [2.24, 2.45) is 0 Å². The highest BCUT2D eigenvalue weighted by Gasteiger charge is 2.22. The highest BCUT2D eigenvalue weighted by Crippen LogP contribution is 2.17. The van der Waals surface area contributed by atoms with Gasteiger partial charge in [-0.05, 0) is 25.0 Å². The second kappa shape index (κ2) is 6.34. The minimum Gasteiger partial charge on any atom is -0.373 e. The van der Waals surface area contributed by atoms with Gasteiger partial charge in [-0.2, -0.15) is 0 Å². The molecule has 1 aliphatic rings. The van der Waals surface area contributed by atoms with E-state index in [1.807, 2.05) is 0 Å². The van der Waals surface area contributed by atoms with Crippen LogP contribution >= 0.6 is 11.6 Å². The number of carbonyl (C=O) groups excluding carboxylic acids is 1. The van der Waals surface area contributed by atoms with Crippen LogP contribution in [0.4, 0.5) is 5.82 Å². The molecule has 0 saturated carbocycles. The van der Waals surface area contributed by atoms with Gasteiger partial charge in [-0.25, -0.2) is 4.98 Å². The SMILES string of the molecule is CNc1ccc(Cl)c(C(=O)NC2CCS(=O)CC2)n1. The summed E-state index contributed by atoms with van der Waals surface area (Å²) in [4.78, 5) is 16.3. The summed E-state index contributed by atoms with van der Waals surface area (Å²) < 4.78 is 11.3. The molecule has 2 heterocycles. The molecule has 1 aliphatic heterocycles. The average molecular weight is 302 g/mol. The Morgan fingerprint density at radius 1 is 1.42 bits per heavy atom. The fraction of sp³-hybridized carbons (Fsp3) is 0.500. The van der Waals surface area contributed by atoms with Gasteiger partial charge in [-0.3, -0.25) is 9.00 Å². The maximum atomic E-state index is 12.1. The Balaban J connectivity index is 2.05. The summed E-state index contributed by atoms with van der Waals surface area (Å²) in [7, 11) is 0.998. The highest BCUT2D eigenvalue weighted by molar-refractivity contribution is 7.85. The smallest absolute Gasteiger partial charge is 0.271 e. The van der Waals surface area contributed by atoms with Gasteiger partial charge in [0.05, 0.1) is 5.02 Å². The van der Waals surface area contributed by atoms with Crippen LogP contribution in [0.2, 0.25) is 5.02 Å². The normalized spacial score (nSPS) is 22.8. The van der Waals surface area contributed by atoms with Gasteiger partial charge in [0.2, 0.25) is 0 Å². The number of anilines is 1. The molecule has 1 aromatic rings. The molecule has 1 saturated heterocycles. The Morgan fingerprint density at radius 2 is 2.11 bits per heavy atom. The van der Waals surface area contributed by atoms with E-state index in [1.165, 1.54) is 0 Å². The summed E-state index contributed by atoms with van der Waals surface area (Å²) in [6.07, 6.45) is 1.48. The number of rotatable bonds is 3. The van der Waals surface area contributed by atoms with E-state index in [-0.39, 0.29) is 17.6 Å². The molecule has 2 rings (SSSR count). The second-order valence-corrected chi connectivity index (χ2v) is 6.48. The first-order chi connectivity index (χ1) is 9.10. The first-order valence-corrected chi connectivity index (χ1v) is 7.97. The van der Waals surface area contributed by atoms with E-state index < -0.39 is 10.8 Å². The van der Waals surface area contributed by atoms with Crippen LogP contribution in [0.15, 0.2) is 12.1 Å². The Hall–Kier alpha value is -1.14. The monoisotopic (exact) mass is 301 g/mol. The van der Waals surface area contributed by atoms with Crippen molar-refractivity contribution in [1.82, 2.24) is 10.3 Å². The number of nitrogens with zero attached hydrogens (tertiary/aromatic N) is 1. The van der Waals surface area contributed by atoms with Crippen molar-refractivity contribution in [3.05, 3.63) is 22.8 Å². The van der Waals surface area contributed by atoms with Crippen LogP contribution in [0.25, 0.3) is 0 Å². The molecule has 1 aromatic heterocycles. The van der Waals surface area contributed by atoms with Crippen molar-refractivity contribution in [2.45, 2.75) is 18.9 Å². The predicted molar refractivity (Wildman–Crippen MR) is 77.2 cm³/mol. The summed E-state index contributed by atoms with van der Waals surface area (Å²) in [5.74, 6) is 1.60. The average Bonchev–Trinajstić information content (AvgIpc) is 2.42. The lowest BCUT2D eigenvalue weighted by atomic mass is 10.1. The minimum atomic E-state index is -0.733. The van der Waals surface area contributed by atoms with E-state index in [9.17, 15) is 9.00 Å². The van der Waals surface area contributed by atoms with Crippen LogP contribution in [-0.2, 0) is 10.8 Å². The summed E-state index contributed by atoms with van der Waals surface area (Å²) in [5.41, 5.74) is 0.222. The topological polar surface area (TPSA) is 71.1 Å². The molecule has 0 spiro atoms. The van der Waals surface area contributed by atoms with Gasteiger partial charge in [-0.1, -0.05) is 11.6 Å². The standard InChI is InChI=1S/C12H16ClN3O2S/c1-14-10-3-2-9(13)11(16-10)12(17)15-8-4-6-19(18)7-5-8/h2-3,8H,4-7H2,1H3,(H,14,16)(H,15,17). The van der Waals surface area contributed by atoms with Gasteiger partial charge in [-0.15, -0.1) is 0 Å². The Morgan fingerprint density at radius 3 is 2.74 bits per heavy atom. The molecule has 0 unspecified atom stereocenters. The molecule has 0 aromatic carbocycles. The largest absolute Gasteiger partial charge is 0.373 e. The van der Waals surface area contributed by atoms with Gasteiger partial charge >= 0.3 is 0 Å². The third-order valence-electron chi connectivity index (χ3n) is 3.04. The second-order valence-electron chi connectivity index (χ2n) is 4.37. The van der Waals surface area contributed by atoms with Crippen molar-refractivity contribution in [1.29, 1.82) is 0 Å². The lowest BCUT2D eigenvalue weighted by Crippen LogP contribution is -2.40. The summed E-state index contributed by atoms with van der Waals surface area (Å²) in [6, 6.07) is 3.41. The fourth-order valence-electron chi connectivity index (χ4n) is 1.93. The number of halogens is 1. The van der Waals surface area contributed by atoms with Gasteiger partial charge < -0.3 is 10.6 Å². The number of aromatic nitrogens is 1. The summed E-state index contributed by atoms with van der Waals surface area (Å²) >= 11 is 5.99. The molecule has 104 valence electrons. The van der Waals surface area contributed by atoms with E-state index in [0.29, 0.717) is 22.3 Å². The van der Waals surface area contributed by atoms with Crippen LogP contribution in [0.5, 0.6) is 0 Å². The summed E-state index contributed by atoms with van der Waals surface area (Å²) in [6.45, 7) is 0. The minimum absolute atomic E-state index is 0.0568. The van der Waals surface area contributed by atoms with Crippen molar-refractivity contribution in [3.63, 3.8) is 0 Å². The third kappa shape index (κ3) is 3.67. The molecule has 5 nitrogen and oxygen atoms in total. The summed E-state index contributed by atoms with van der Waals surface area (Å²) in [5, 5.41) is 6.10. The first kappa shape index (κ1) is 14.3. The highest BCUT2D eigenvalue weighted by atomic mass is 35.5. The molecule has 1 amide bonds. The van der Waals surface area contributed by atoms with Crippen molar-refractivity contribution < 1.29 is 9.00 Å². The zero-order valence-corrected chi connectivity index (χ0v) is 12.2. The van der Waals surface area contributed by atoms with Gasteiger partial charge in [0, 0.05) is 35.4 Å². The number of carbonyl (C=O) groups is 1. The number of nitrogens with one attached hydrogen (secondary N) is 2. The van der Waals surface area contributed by atoms with Crippen LogP contribution in [-0.4, -0.2) is 39.7 Å². The fourth-order valence-corrected chi connectivity index (χ4v) is 3.42. The van der Waals surface area contributed by atoms with E-state index in [2.05, 4.69) is 15.6 Å². The maximum Gasteiger partial charge on any atom is 0.271 e. The molecular weight excluding hydrogens is 286 g/mol. The number of hydrogen-bond donors (Lipinski definition) is 2. The zero-order chi connectivity index (χ0) is 13.8. The Bertz CT molecular complexity index is 500. The molecule has 2 N–H and O–H groups in total. The molecule has 0 atom stereocenters. The zero-order valence-electron chi connectivity index (χ0n) is 10.6. The lowest BCUT2D eigenvalue weighted by Gasteiger charge is -2.22. The third-order valence-corrected chi connectivity index (χ3v) is 4.73. The van der Waals surface area contributed by atoms with Crippen LogP contribution in [0.3, 0.4) is 0 Å². The van der Waals surface area contributed by atoms with Crippen LogP contribution in [0.1, 0.15) is 23.3 Å². The van der Waals surface area contributed by atoms with Gasteiger partial charge in [0.1, 0.15) is 11.5 Å². The predicted octanol–water partition coefficient (Wildman–Crippen LogP) is 1.42. The first-order valence-electron chi connectivity index (χ1n) is 6.10. The number of amides is 1. The van der Waals surface area contributed by atoms with Gasteiger partial charge in [0.25, 0.3) is 5.91 Å². The Kier molecular flexibility index (Phi) is 4.76. The quantitative estimate of drug-likeness (QED) is 0.886. The van der Waals surface area contributed by atoms with Crippen molar-refractivity contribution in [3.8, 4) is 0 Å². The van der Waals surface area contributed by atoms with Crippen LogP contribution < -0.4 is 10.6 Å². The molecule has 0 aliphatic carbocycles. The molecular formula is C12H16ClN3O2S. The number of pyridine rings is 1. The molecule has 7 heteroatoms. The Labute approximate surface area is 119 Å². The van der Waals surface area contributed by atoms with Crippen LogP contribution in [0, 0.1) is 0 Å². The van der Waals surface area contributed by atoms with E-state index >= 15 is 0 Å². The molecule has 0 radical (unpaired) electrons. The van der Waals surface area contributed by atoms with Gasteiger partial charge in [0.15, 0.2) is 0 Å². The van der Waals surface area contributed by atoms with E-state index in [4.69, 9.17) is 11.6 Å².